The first kappa shape index (κ1) is 18.3. The first-order valence-corrected chi connectivity index (χ1v) is 11.1. The van der Waals surface area contributed by atoms with E-state index in [2.05, 4.69) is 31.7 Å². The first-order chi connectivity index (χ1) is 11.4. The quantitative estimate of drug-likeness (QED) is 0.756. The van der Waals surface area contributed by atoms with Gasteiger partial charge in [-0.15, -0.1) is 0 Å². The van der Waals surface area contributed by atoms with Crippen LogP contribution in [-0.4, -0.2) is 34.1 Å². The monoisotopic (exact) mass is 344 g/mol. The minimum atomic E-state index is -0.921. The number of pyridine rings is 1. The summed E-state index contributed by atoms with van der Waals surface area (Å²) in [6, 6.07) is 9.72. The average Bonchev–Trinajstić information content (AvgIpc) is 2.56. The summed E-state index contributed by atoms with van der Waals surface area (Å²) in [4.78, 5) is 14.2. The number of rotatable bonds is 6. The molecule has 0 saturated heterocycles. The van der Waals surface area contributed by atoms with Crippen LogP contribution in [-0.2, 0) is 7.05 Å². The van der Waals surface area contributed by atoms with E-state index in [1.807, 2.05) is 38.2 Å². The Morgan fingerprint density at radius 3 is 2.50 bits per heavy atom. The normalized spacial score (nSPS) is 12.1. The molecule has 130 valence electrons. The molecule has 2 aromatic rings. The van der Waals surface area contributed by atoms with E-state index in [0.717, 1.165) is 16.9 Å². The number of aromatic nitrogens is 1. The highest BCUT2D eigenvalue weighted by atomic mass is 28.3. The van der Waals surface area contributed by atoms with E-state index in [1.165, 1.54) is 11.2 Å². The molecule has 5 heteroatoms. The van der Waals surface area contributed by atoms with E-state index >= 15 is 0 Å². The van der Waals surface area contributed by atoms with Crippen molar-refractivity contribution >= 4 is 19.7 Å². The zero-order valence-corrected chi connectivity index (χ0v) is 16.7. The molecule has 0 radical (unpaired) electrons. The number of aryl methyl sites for hydroxylation is 1. The zero-order valence-electron chi connectivity index (χ0n) is 15.6. The highest BCUT2D eigenvalue weighted by Gasteiger charge is 2.14. The lowest BCUT2D eigenvalue weighted by Gasteiger charge is -2.18. The molecule has 0 unspecified atom stereocenters. The molecule has 1 atom stereocenters. The maximum absolute atomic E-state index is 12.3. The molecule has 1 heterocycles. The summed E-state index contributed by atoms with van der Waals surface area (Å²) in [7, 11) is 4.67. The molecule has 0 amide bonds. The van der Waals surface area contributed by atoms with Crippen LogP contribution in [0.25, 0.3) is 11.1 Å². The van der Waals surface area contributed by atoms with Crippen LogP contribution in [0.1, 0.15) is 13.8 Å². The van der Waals surface area contributed by atoms with E-state index in [1.54, 1.807) is 11.6 Å². The standard InChI is InChI=1S/C19H28N2O2Si/c1-7-23-18-10-9-15(24(6)8-2)12-16(18)14-11-17(20(3)4)19(22)21(5)13-14/h9-13,24H,7-8H2,1-6H3/t24-/m1/s1. The van der Waals surface area contributed by atoms with Crippen LogP contribution in [0.3, 0.4) is 0 Å². The Hall–Kier alpha value is -2.01. The molecule has 2 rings (SSSR count). The Kier molecular flexibility index (Phi) is 5.88. The fraction of sp³-hybridized carbons (Fsp3) is 0.421. The Labute approximate surface area is 146 Å². The fourth-order valence-electron chi connectivity index (χ4n) is 2.76. The second-order valence-corrected chi connectivity index (χ2v) is 9.71. The lowest BCUT2D eigenvalue weighted by atomic mass is 10.1. The molecular formula is C19H28N2O2Si. The zero-order chi connectivity index (χ0) is 17.9. The van der Waals surface area contributed by atoms with Crippen molar-refractivity contribution in [1.29, 1.82) is 0 Å². The third kappa shape index (κ3) is 3.72. The van der Waals surface area contributed by atoms with Crippen LogP contribution in [0.4, 0.5) is 5.69 Å². The molecule has 0 aliphatic heterocycles. The minimum absolute atomic E-state index is 0.00849. The molecule has 0 aliphatic carbocycles. The van der Waals surface area contributed by atoms with E-state index in [9.17, 15) is 4.79 Å². The molecule has 0 N–H and O–H groups in total. The SMILES string of the molecule is CCOc1ccc([Si@H](C)CC)cc1-c1cc(N(C)C)c(=O)n(C)c1. The number of ether oxygens (including phenoxy) is 1. The lowest BCUT2D eigenvalue weighted by Crippen LogP contribution is -2.26. The van der Waals surface area contributed by atoms with Crippen molar-refractivity contribution in [3.63, 3.8) is 0 Å². The Balaban J connectivity index is 2.67. The Morgan fingerprint density at radius 2 is 1.92 bits per heavy atom. The van der Waals surface area contributed by atoms with Gasteiger partial charge in [-0.2, -0.15) is 0 Å². The summed E-state index contributed by atoms with van der Waals surface area (Å²) < 4.78 is 7.49. The van der Waals surface area contributed by atoms with Gasteiger partial charge in [0.1, 0.15) is 11.4 Å². The van der Waals surface area contributed by atoms with E-state index in [4.69, 9.17) is 4.74 Å². The predicted molar refractivity (Wildman–Crippen MR) is 106 cm³/mol. The van der Waals surface area contributed by atoms with Crippen LogP contribution in [0, 0.1) is 0 Å². The number of nitrogens with zero attached hydrogens (tertiary/aromatic N) is 2. The Morgan fingerprint density at radius 1 is 1.21 bits per heavy atom. The molecule has 0 spiro atoms. The van der Waals surface area contributed by atoms with Crippen molar-refractivity contribution in [1.82, 2.24) is 4.57 Å². The van der Waals surface area contributed by atoms with Crippen LogP contribution in [0.5, 0.6) is 5.75 Å². The van der Waals surface area contributed by atoms with E-state index in [-0.39, 0.29) is 5.56 Å². The van der Waals surface area contributed by atoms with Crippen molar-refractivity contribution in [2.45, 2.75) is 26.4 Å². The summed E-state index contributed by atoms with van der Waals surface area (Å²) in [6.07, 6.45) is 1.90. The summed E-state index contributed by atoms with van der Waals surface area (Å²) in [5, 5.41) is 1.43. The number of hydrogen-bond donors (Lipinski definition) is 0. The van der Waals surface area contributed by atoms with Gasteiger partial charge < -0.3 is 14.2 Å². The largest absolute Gasteiger partial charge is 0.493 e. The van der Waals surface area contributed by atoms with Crippen molar-refractivity contribution in [2.24, 2.45) is 7.05 Å². The summed E-state index contributed by atoms with van der Waals surface area (Å²) in [6.45, 7) is 7.24. The van der Waals surface area contributed by atoms with Crippen molar-refractivity contribution in [3.05, 3.63) is 40.8 Å². The van der Waals surface area contributed by atoms with Gasteiger partial charge in [0.15, 0.2) is 0 Å². The van der Waals surface area contributed by atoms with E-state index < -0.39 is 8.80 Å². The van der Waals surface area contributed by atoms with E-state index in [0.29, 0.717) is 12.3 Å². The molecule has 4 nitrogen and oxygen atoms in total. The lowest BCUT2D eigenvalue weighted by molar-refractivity contribution is 0.341. The molecule has 0 aliphatic rings. The summed E-state index contributed by atoms with van der Waals surface area (Å²) in [5.74, 6) is 0.877. The Bertz CT molecular complexity index is 768. The summed E-state index contributed by atoms with van der Waals surface area (Å²) in [5.41, 5.74) is 2.78. The summed E-state index contributed by atoms with van der Waals surface area (Å²) >= 11 is 0. The maximum atomic E-state index is 12.3. The van der Waals surface area contributed by atoms with Crippen molar-refractivity contribution in [3.8, 4) is 16.9 Å². The third-order valence-corrected chi connectivity index (χ3v) is 7.16. The maximum Gasteiger partial charge on any atom is 0.273 e. The van der Waals surface area contributed by atoms with Gasteiger partial charge in [0.25, 0.3) is 5.56 Å². The van der Waals surface area contributed by atoms with Gasteiger partial charge in [0.2, 0.25) is 0 Å². The molecule has 1 aromatic carbocycles. The molecule has 0 saturated carbocycles. The number of benzene rings is 1. The topological polar surface area (TPSA) is 34.5 Å². The highest BCUT2D eigenvalue weighted by Crippen LogP contribution is 2.30. The van der Waals surface area contributed by atoms with Crippen LogP contribution in [0.15, 0.2) is 35.3 Å². The highest BCUT2D eigenvalue weighted by molar-refractivity contribution is 6.72. The van der Waals surface area contributed by atoms with Gasteiger partial charge in [-0.25, -0.2) is 0 Å². The van der Waals surface area contributed by atoms with Gasteiger partial charge in [0.05, 0.1) is 15.4 Å². The van der Waals surface area contributed by atoms with Crippen molar-refractivity contribution in [2.75, 3.05) is 25.6 Å². The second kappa shape index (κ2) is 7.70. The van der Waals surface area contributed by atoms with Gasteiger partial charge in [0, 0.05) is 38.5 Å². The minimum Gasteiger partial charge on any atom is -0.493 e. The predicted octanol–water partition coefficient (Wildman–Crippen LogP) is 2.60. The number of hydrogen-bond acceptors (Lipinski definition) is 3. The van der Waals surface area contributed by atoms with Gasteiger partial charge in [-0.05, 0) is 19.1 Å². The first-order valence-electron chi connectivity index (χ1n) is 8.54. The van der Waals surface area contributed by atoms with Crippen LogP contribution in [0.2, 0.25) is 12.6 Å². The molecule has 24 heavy (non-hydrogen) atoms. The van der Waals surface area contributed by atoms with Gasteiger partial charge >= 0.3 is 0 Å². The third-order valence-electron chi connectivity index (χ3n) is 4.44. The molecular weight excluding hydrogens is 316 g/mol. The van der Waals surface area contributed by atoms with Crippen molar-refractivity contribution < 1.29 is 4.74 Å². The molecule has 0 bridgehead atoms. The van der Waals surface area contributed by atoms with Gasteiger partial charge in [-0.1, -0.05) is 36.8 Å². The van der Waals surface area contributed by atoms with Crippen LogP contribution >= 0.6 is 0 Å². The molecule has 0 fully saturated rings. The van der Waals surface area contributed by atoms with Gasteiger partial charge in [-0.3, -0.25) is 4.79 Å². The molecule has 1 aromatic heterocycles. The number of anilines is 1. The van der Waals surface area contributed by atoms with Crippen LogP contribution < -0.4 is 20.4 Å². The fourth-order valence-corrected chi connectivity index (χ4v) is 4.11. The second-order valence-electron chi connectivity index (χ2n) is 6.42. The smallest absolute Gasteiger partial charge is 0.273 e. The average molecular weight is 345 g/mol.